The van der Waals surface area contributed by atoms with Gasteiger partial charge in [-0.05, 0) is 40.5 Å². The second-order valence-electron chi connectivity index (χ2n) is 4.45. The van der Waals surface area contributed by atoms with E-state index in [1.807, 2.05) is 6.07 Å². The molecular formula is C14H21BrN2O. The highest BCUT2D eigenvalue weighted by molar-refractivity contribution is 9.10. The van der Waals surface area contributed by atoms with Crippen molar-refractivity contribution in [1.29, 1.82) is 0 Å². The molecule has 0 atom stereocenters. The molecule has 1 rings (SSSR count). The summed E-state index contributed by atoms with van der Waals surface area (Å²) in [5.74, 6) is 0.0535. The van der Waals surface area contributed by atoms with E-state index in [9.17, 15) is 4.79 Å². The van der Waals surface area contributed by atoms with Gasteiger partial charge in [0, 0.05) is 16.6 Å². The summed E-state index contributed by atoms with van der Waals surface area (Å²) < 4.78 is 0.857. The predicted octanol–water partition coefficient (Wildman–Crippen LogP) is 4.33. The fourth-order valence-corrected chi connectivity index (χ4v) is 2.09. The molecule has 0 aliphatic carbocycles. The van der Waals surface area contributed by atoms with E-state index >= 15 is 0 Å². The third-order valence-electron chi connectivity index (χ3n) is 2.77. The molecule has 18 heavy (non-hydrogen) atoms. The highest BCUT2D eigenvalue weighted by atomic mass is 79.9. The molecule has 0 aliphatic heterocycles. The monoisotopic (exact) mass is 312 g/mol. The van der Waals surface area contributed by atoms with Crippen LogP contribution in [0.5, 0.6) is 0 Å². The topological polar surface area (TPSA) is 55.1 Å². The SMILES string of the molecule is CCCCCCCC(=O)Nc1cc(N)ccc1Br. The Hall–Kier alpha value is -1.03. The number of nitrogens with two attached hydrogens (primary N) is 1. The molecule has 0 saturated heterocycles. The van der Waals surface area contributed by atoms with Gasteiger partial charge in [-0.3, -0.25) is 4.79 Å². The van der Waals surface area contributed by atoms with Crippen molar-refractivity contribution in [3.05, 3.63) is 22.7 Å². The highest BCUT2D eigenvalue weighted by Gasteiger charge is 2.05. The molecule has 0 radical (unpaired) electrons. The summed E-state index contributed by atoms with van der Waals surface area (Å²) in [7, 11) is 0. The van der Waals surface area contributed by atoms with Gasteiger partial charge < -0.3 is 11.1 Å². The first kappa shape index (κ1) is 15.0. The molecule has 3 N–H and O–H groups in total. The molecule has 0 heterocycles. The quantitative estimate of drug-likeness (QED) is 0.581. The number of hydrogen-bond acceptors (Lipinski definition) is 2. The van der Waals surface area contributed by atoms with Crippen LogP contribution in [0.1, 0.15) is 45.4 Å². The maximum absolute atomic E-state index is 11.7. The summed E-state index contributed by atoms with van der Waals surface area (Å²) in [6.45, 7) is 2.18. The van der Waals surface area contributed by atoms with Crippen LogP contribution in [0.2, 0.25) is 0 Å². The highest BCUT2D eigenvalue weighted by Crippen LogP contribution is 2.24. The van der Waals surface area contributed by atoms with Crippen molar-refractivity contribution in [3.8, 4) is 0 Å². The first-order valence-corrected chi connectivity index (χ1v) is 7.27. The van der Waals surface area contributed by atoms with Crippen molar-refractivity contribution in [1.82, 2.24) is 0 Å². The molecule has 1 amide bonds. The lowest BCUT2D eigenvalue weighted by molar-refractivity contribution is -0.116. The van der Waals surface area contributed by atoms with E-state index in [1.54, 1.807) is 12.1 Å². The van der Waals surface area contributed by atoms with Crippen molar-refractivity contribution in [2.24, 2.45) is 0 Å². The lowest BCUT2D eigenvalue weighted by Gasteiger charge is -2.08. The second-order valence-corrected chi connectivity index (χ2v) is 5.31. The molecule has 100 valence electrons. The molecule has 0 spiro atoms. The maximum atomic E-state index is 11.7. The molecule has 1 aromatic carbocycles. The van der Waals surface area contributed by atoms with Gasteiger partial charge in [0.2, 0.25) is 5.91 Å². The van der Waals surface area contributed by atoms with Crippen molar-refractivity contribution in [2.45, 2.75) is 45.4 Å². The molecule has 3 nitrogen and oxygen atoms in total. The number of amides is 1. The summed E-state index contributed by atoms with van der Waals surface area (Å²) in [5, 5.41) is 2.88. The average Bonchev–Trinajstić information content (AvgIpc) is 2.33. The Balaban J connectivity index is 2.33. The van der Waals surface area contributed by atoms with Crippen LogP contribution in [-0.2, 0) is 4.79 Å². The molecule has 0 saturated carbocycles. The number of hydrogen-bond donors (Lipinski definition) is 2. The van der Waals surface area contributed by atoms with Gasteiger partial charge >= 0.3 is 0 Å². The van der Waals surface area contributed by atoms with E-state index in [1.165, 1.54) is 19.3 Å². The number of benzene rings is 1. The zero-order valence-corrected chi connectivity index (χ0v) is 12.4. The third kappa shape index (κ3) is 5.54. The van der Waals surface area contributed by atoms with Gasteiger partial charge in [-0.2, -0.15) is 0 Å². The van der Waals surface area contributed by atoms with Gasteiger partial charge in [0.1, 0.15) is 0 Å². The Kier molecular flexibility index (Phi) is 6.80. The largest absolute Gasteiger partial charge is 0.399 e. The fourth-order valence-electron chi connectivity index (χ4n) is 1.74. The number of nitrogens with one attached hydrogen (secondary N) is 1. The Morgan fingerprint density at radius 3 is 2.72 bits per heavy atom. The predicted molar refractivity (Wildman–Crippen MR) is 80.6 cm³/mol. The lowest BCUT2D eigenvalue weighted by atomic mass is 10.1. The number of halogens is 1. The summed E-state index contributed by atoms with van der Waals surface area (Å²) in [6.07, 6.45) is 6.34. The smallest absolute Gasteiger partial charge is 0.224 e. The number of rotatable bonds is 7. The summed E-state index contributed by atoms with van der Waals surface area (Å²) in [5.41, 5.74) is 7.08. The Morgan fingerprint density at radius 2 is 2.00 bits per heavy atom. The molecule has 1 aromatic rings. The maximum Gasteiger partial charge on any atom is 0.224 e. The van der Waals surface area contributed by atoms with E-state index in [-0.39, 0.29) is 5.91 Å². The van der Waals surface area contributed by atoms with Crippen LogP contribution in [0.4, 0.5) is 11.4 Å². The van der Waals surface area contributed by atoms with Gasteiger partial charge in [-0.1, -0.05) is 32.6 Å². The van der Waals surface area contributed by atoms with Crippen molar-refractivity contribution in [3.63, 3.8) is 0 Å². The lowest BCUT2D eigenvalue weighted by Crippen LogP contribution is -2.11. The first-order valence-electron chi connectivity index (χ1n) is 6.48. The van der Waals surface area contributed by atoms with Crippen LogP contribution >= 0.6 is 15.9 Å². The minimum absolute atomic E-state index is 0.0535. The van der Waals surface area contributed by atoms with Gasteiger partial charge in [0.15, 0.2) is 0 Å². The zero-order chi connectivity index (χ0) is 13.4. The zero-order valence-electron chi connectivity index (χ0n) is 10.8. The van der Waals surface area contributed by atoms with Crippen molar-refractivity contribution < 1.29 is 4.79 Å². The van der Waals surface area contributed by atoms with E-state index < -0.39 is 0 Å². The molecular weight excluding hydrogens is 292 g/mol. The van der Waals surface area contributed by atoms with Crippen LogP contribution in [0.15, 0.2) is 22.7 Å². The minimum atomic E-state index is 0.0535. The van der Waals surface area contributed by atoms with E-state index in [2.05, 4.69) is 28.2 Å². The molecule has 0 unspecified atom stereocenters. The standard InChI is InChI=1S/C14H21BrN2O/c1-2-3-4-5-6-7-14(18)17-13-10-11(16)8-9-12(13)15/h8-10H,2-7,16H2,1H3,(H,17,18). The van der Waals surface area contributed by atoms with Crippen LogP contribution in [0, 0.1) is 0 Å². The Morgan fingerprint density at radius 1 is 1.28 bits per heavy atom. The third-order valence-corrected chi connectivity index (χ3v) is 3.46. The molecule has 0 aliphatic rings. The first-order chi connectivity index (χ1) is 8.63. The van der Waals surface area contributed by atoms with Gasteiger partial charge in [0.25, 0.3) is 0 Å². The summed E-state index contributed by atoms with van der Waals surface area (Å²) >= 11 is 3.39. The number of nitrogen functional groups attached to an aromatic ring is 1. The van der Waals surface area contributed by atoms with Gasteiger partial charge in [-0.15, -0.1) is 0 Å². The average molecular weight is 313 g/mol. The molecule has 4 heteroatoms. The van der Waals surface area contributed by atoms with E-state index in [0.717, 1.165) is 23.0 Å². The number of carbonyl (C=O) groups is 1. The van der Waals surface area contributed by atoms with E-state index in [4.69, 9.17) is 5.73 Å². The van der Waals surface area contributed by atoms with Crippen LogP contribution in [0.3, 0.4) is 0 Å². The molecule has 0 bridgehead atoms. The van der Waals surface area contributed by atoms with Crippen LogP contribution in [-0.4, -0.2) is 5.91 Å². The Labute approximate surface area is 117 Å². The summed E-state index contributed by atoms with van der Waals surface area (Å²) in [6, 6.07) is 5.40. The number of carbonyl (C=O) groups excluding carboxylic acids is 1. The number of unbranched alkanes of at least 4 members (excludes halogenated alkanes) is 4. The summed E-state index contributed by atoms with van der Waals surface area (Å²) in [4.78, 5) is 11.7. The van der Waals surface area contributed by atoms with Gasteiger partial charge in [-0.25, -0.2) is 0 Å². The molecule has 0 aromatic heterocycles. The van der Waals surface area contributed by atoms with Crippen LogP contribution < -0.4 is 11.1 Å². The van der Waals surface area contributed by atoms with Crippen molar-refractivity contribution in [2.75, 3.05) is 11.1 Å². The fraction of sp³-hybridized carbons (Fsp3) is 0.500. The normalized spacial score (nSPS) is 10.3. The van der Waals surface area contributed by atoms with Gasteiger partial charge in [0.05, 0.1) is 5.69 Å². The van der Waals surface area contributed by atoms with Crippen LogP contribution in [0.25, 0.3) is 0 Å². The molecule has 0 fully saturated rings. The van der Waals surface area contributed by atoms with Crippen molar-refractivity contribution >= 4 is 33.2 Å². The second kappa shape index (κ2) is 8.14. The Bertz CT molecular complexity index is 393. The number of anilines is 2. The minimum Gasteiger partial charge on any atom is -0.399 e. The van der Waals surface area contributed by atoms with E-state index in [0.29, 0.717) is 12.1 Å².